The third kappa shape index (κ3) is 4.49. The highest BCUT2D eigenvalue weighted by Gasteiger charge is 2.42. The van der Waals surface area contributed by atoms with Crippen molar-refractivity contribution in [3.8, 4) is 28.1 Å². The Balaban J connectivity index is 1.41. The first kappa shape index (κ1) is 22.7. The molecule has 35 heavy (non-hydrogen) atoms. The average Bonchev–Trinajstić information content (AvgIpc) is 3.50. The second kappa shape index (κ2) is 9.39. The molecule has 2 aliphatic rings. The fourth-order valence-corrected chi connectivity index (χ4v) is 5.18. The summed E-state index contributed by atoms with van der Waals surface area (Å²) in [5.74, 6) is 0.00329. The number of hydrogen-bond donors (Lipinski definition) is 0. The van der Waals surface area contributed by atoms with E-state index in [1.807, 2.05) is 48.5 Å². The number of rotatable bonds is 5. The van der Waals surface area contributed by atoms with E-state index < -0.39 is 5.79 Å². The molecule has 3 heterocycles. The molecular formula is C26H24Cl2N4O3. The summed E-state index contributed by atoms with van der Waals surface area (Å²) < 4.78 is 20.4. The van der Waals surface area contributed by atoms with E-state index in [1.54, 1.807) is 10.8 Å². The van der Waals surface area contributed by atoms with Gasteiger partial charge in [0.05, 0.1) is 12.2 Å². The Morgan fingerprint density at radius 3 is 2.26 bits per heavy atom. The first-order chi connectivity index (χ1) is 17.1. The van der Waals surface area contributed by atoms with E-state index in [0.29, 0.717) is 34.8 Å². The molecule has 0 bridgehead atoms. The van der Waals surface area contributed by atoms with Crippen molar-refractivity contribution in [1.29, 1.82) is 0 Å². The van der Waals surface area contributed by atoms with Crippen LogP contribution in [0.1, 0.15) is 32.1 Å². The van der Waals surface area contributed by atoms with Gasteiger partial charge in [0.1, 0.15) is 19.0 Å². The van der Waals surface area contributed by atoms with Crippen molar-refractivity contribution in [2.75, 3.05) is 13.2 Å². The van der Waals surface area contributed by atoms with Crippen LogP contribution in [0.25, 0.3) is 27.9 Å². The molecule has 1 unspecified atom stereocenters. The van der Waals surface area contributed by atoms with E-state index in [9.17, 15) is 0 Å². The molecule has 0 amide bonds. The second-order valence-electron chi connectivity index (χ2n) is 9.00. The van der Waals surface area contributed by atoms with E-state index in [2.05, 4.69) is 10.2 Å². The van der Waals surface area contributed by atoms with Crippen molar-refractivity contribution >= 4 is 28.8 Å². The Kier molecular flexibility index (Phi) is 6.10. The fraction of sp³-hybridized carbons (Fsp3) is 0.346. The maximum absolute atomic E-state index is 6.35. The molecule has 0 N–H and O–H groups in total. The summed E-state index contributed by atoms with van der Waals surface area (Å²) in [5.41, 5.74) is 4.09. The molecule has 1 spiro atoms. The quantitative estimate of drug-likeness (QED) is 0.317. The number of nitrogens with zero attached hydrogens (tertiary/aromatic N) is 4. The summed E-state index contributed by atoms with van der Waals surface area (Å²) in [7, 11) is 0. The number of aromatic nitrogens is 4. The van der Waals surface area contributed by atoms with Crippen molar-refractivity contribution < 1.29 is 14.2 Å². The molecule has 180 valence electrons. The van der Waals surface area contributed by atoms with E-state index >= 15 is 0 Å². The summed E-state index contributed by atoms with van der Waals surface area (Å²) in [6.07, 6.45) is 6.77. The van der Waals surface area contributed by atoms with Gasteiger partial charge in [0.2, 0.25) is 5.88 Å². The Hall–Kier alpha value is -2.71. The molecule has 1 atom stereocenters. The molecule has 4 aromatic rings. The third-order valence-electron chi connectivity index (χ3n) is 6.62. The van der Waals surface area contributed by atoms with Gasteiger partial charge in [0.15, 0.2) is 11.4 Å². The minimum absolute atomic E-state index is 0.163. The molecule has 1 aliphatic carbocycles. The number of halogens is 2. The van der Waals surface area contributed by atoms with Crippen LogP contribution in [0.2, 0.25) is 10.0 Å². The van der Waals surface area contributed by atoms with E-state index in [0.717, 1.165) is 47.9 Å². The molecular weight excluding hydrogens is 487 g/mol. The van der Waals surface area contributed by atoms with Gasteiger partial charge < -0.3 is 14.2 Å². The van der Waals surface area contributed by atoms with Crippen molar-refractivity contribution in [3.05, 3.63) is 64.9 Å². The van der Waals surface area contributed by atoms with Crippen LogP contribution in [0.4, 0.5) is 0 Å². The first-order valence-electron chi connectivity index (χ1n) is 11.8. The maximum atomic E-state index is 6.35. The number of hydrogen-bond acceptors (Lipinski definition) is 6. The van der Waals surface area contributed by atoms with Gasteiger partial charge in [-0.2, -0.15) is 4.52 Å². The number of ether oxygens (including phenoxy) is 3. The zero-order valence-corrected chi connectivity index (χ0v) is 20.5. The fourth-order valence-electron chi connectivity index (χ4n) is 4.93. The van der Waals surface area contributed by atoms with Crippen LogP contribution in [0.3, 0.4) is 0 Å². The molecule has 1 aliphatic heterocycles. The Labute approximate surface area is 212 Å². The third-order valence-corrected chi connectivity index (χ3v) is 7.12. The lowest BCUT2D eigenvalue weighted by Crippen LogP contribution is -2.34. The predicted molar refractivity (Wildman–Crippen MR) is 134 cm³/mol. The molecule has 2 aromatic heterocycles. The molecule has 6 rings (SSSR count). The Morgan fingerprint density at radius 1 is 0.914 bits per heavy atom. The second-order valence-corrected chi connectivity index (χ2v) is 9.87. The van der Waals surface area contributed by atoms with Crippen molar-refractivity contribution in [2.45, 2.75) is 44.0 Å². The van der Waals surface area contributed by atoms with Gasteiger partial charge in [-0.1, -0.05) is 53.9 Å². The molecule has 2 fully saturated rings. The maximum Gasteiger partial charge on any atom is 0.240 e. The monoisotopic (exact) mass is 510 g/mol. The lowest BCUT2D eigenvalue weighted by Gasteiger charge is -2.31. The van der Waals surface area contributed by atoms with Crippen LogP contribution < -0.4 is 4.74 Å². The molecule has 7 nitrogen and oxygen atoms in total. The van der Waals surface area contributed by atoms with Gasteiger partial charge in [-0.05, 0) is 48.2 Å². The zero-order valence-electron chi connectivity index (χ0n) is 19.0. The van der Waals surface area contributed by atoms with Gasteiger partial charge in [-0.3, -0.25) is 0 Å². The highest BCUT2D eigenvalue weighted by molar-refractivity contribution is 6.31. The molecule has 1 saturated carbocycles. The first-order valence-corrected chi connectivity index (χ1v) is 12.6. The topological polar surface area (TPSA) is 70.8 Å². The lowest BCUT2D eigenvalue weighted by molar-refractivity contribution is -0.189. The predicted octanol–water partition coefficient (Wildman–Crippen LogP) is 6.22. The highest BCUT2D eigenvalue weighted by Crippen LogP contribution is 2.42. The summed E-state index contributed by atoms with van der Waals surface area (Å²) in [5, 5.41) is 14.5. The van der Waals surface area contributed by atoms with Crippen LogP contribution in [-0.4, -0.2) is 44.9 Å². The van der Waals surface area contributed by atoms with Gasteiger partial charge >= 0.3 is 0 Å². The summed E-state index contributed by atoms with van der Waals surface area (Å²) >= 11 is 12.4. The normalized spacial score (nSPS) is 19.4. The van der Waals surface area contributed by atoms with Crippen LogP contribution in [0.5, 0.6) is 5.88 Å². The average molecular weight is 511 g/mol. The molecule has 2 aromatic carbocycles. The van der Waals surface area contributed by atoms with Crippen molar-refractivity contribution in [3.63, 3.8) is 0 Å². The highest BCUT2D eigenvalue weighted by atomic mass is 35.5. The van der Waals surface area contributed by atoms with Crippen molar-refractivity contribution in [2.24, 2.45) is 0 Å². The molecule has 9 heteroatoms. The zero-order chi connectivity index (χ0) is 23.8. The van der Waals surface area contributed by atoms with Crippen LogP contribution in [0, 0.1) is 0 Å². The van der Waals surface area contributed by atoms with E-state index in [4.69, 9.17) is 42.5 Å². The number of fused-ring (bicyclic) bond motifs is 1. The minimum atomic E-state index is -0.453. The van der Waals surface area contributed by atoms with Gasteiger partial charge in [-0.15, -0.1) is 15.3 Å². The van der Waals surface area contributed by atoms with Gasteiger partial charge in [0, 0.05) is 28.5 Å². The molecule has 1 saturated heterocycles. The summed E-state index contributed by atoms with van der Waals surface area (Å²) in [6, 6.07) is 15.2. The largest absolute Gasteiger partial charge is 0.473 e. The van der Waals surface area contributed by atoms with Crippen molar-refractivity contribution in [1.82, 2.24) is 19.8 Å². The van der Waals surface area contributed by atoms with E-state index in [1.165, 1.54) is 6.42 Å². The number of benzene rings is 2. The summed E-state index contributed by atoms with van der Waals surface area (Å²) in [6.45, 7) is 0.832. The smallest absolute Gasteiger partial charge is 0.240 e. The SMILES string of the molecule is Clc1ccc(-c2c(OCC3COC4(CCCCC4)O3)nn3cnnc3c2-c2ccc(Cl)cc2)cc1. The van der Waals surface area contributed by atoms with Crippen LogP contribution >= 0.6 is 23.2 Å². The van der Waals surface area contributed by atoms with Gasteiger partial charge in [0.25, 0.3) is 0 Å². The van der Waals surface area contributed by atoms with E-state index in [-0.39, 0.29) is 6.10 Å². The Bertz CT molecular complexity index is 1340. The minimum Gasteiger partial charge on any atom is -0.473 e. The molecule has 0 radical (unpaired) electrons. The van der Waals surface area contributed by atoms with Crippen LogP contribution in [0.15, 0.2) is 54.9 Å². The lowest BCUT2D eigenvalue weighted by atomic mass is 9.94. The summed E-state index contributed by atoms with van der Waals surface area (Å²) in [4.78, 5) is 0. The Morgan fingerprint density at radius 2 is 1.57 bits per heavy atom. The van der Waals surface area contributed by atoms with Gasteiger partial charge in [-0.25, -0.2) is 0 Å². The van der Waals surface area contributed by atoms with Crippen LogP contribution in [-0.2, 0) is 9.47 Å². The standard InChI is InChI=1S/C26H24Cl2N4O3/c27-19-8-4-17(5-9-19)22-23(18-6-10-20(28)11-7-18)25(31-32-16-29-30-24(22)32)33-14-21-15-34-26(35-21)12-2-1-3-13-26/h4-11,16,21H,1-3,12-15H2.